The monoisotopic (exact) mass is 507 g/mol. The van der Waals surface area contributed by atoms with Crippen molar-refractivity contribution in [2.45, 2.75) is 25.5 Å². The van der Waals surface area contributed by atoms with Crippen molar-refractivity contribution in [3.63, 3.8) is 0 Å². The minimum atomic E-state index is 0.0844. The van der Waals surface area contributed by atoms with E-state index in [0.29, 0.717) is 28.8 Å². The van der Waals surface area contributed by atoms with Gasteiger partial charge in [-0.3, -0.25) is 4.68 Å². The van der Waals surface area contributed by atoms with Gasteiger partial charge in [-0.1, -0.05) is 30.3 Å². The minimum Gasteiger partial charge on any atom is -0.478 e. The summed E-state index contributed by atoms with van der Waals surface area (Å²) in [6.07, 6.45) is 9.45. The molecule has 5 aromatic heterocycles. The number of nitrogens with one attached hydrogen (secondary N) is 1. The van der Waals surface area contributed by atoms with Crippen molar-refractivity contribution < 1.29 is 9.15 Å². The number of ether oxygens (including phenoxy) is 1. The van der Waals surface area contributed by atoms with Crippen molar-refractivity contribution in [2.75, 3.05) is 18.8 Å². The van der Waals surface area contributed by atoms with Crippen LogP contribution in [0.4, 0.5) is 5.82 Å². The molecule has 38 heavy (non-hydrogen) atoms. The Kier molecular flexibility index (Phi) is 5.47. The summed E-state index contributed by atoms with van der Waals surface area (Å²) in [7, 11) is 0. The van der Waals surface area contributed by atoms with E-state index in [-0.39, 0.29) is 12.4 Å². The summed E-state index contributed by atoms with van der Waals surface area (Å²) in [4.78, 5) is 4.38. The van der Waals surface area contributed by atoms with Gasteiger partial charge in [-0.25, -0.2) is 4.98 Å². The van der Waals surface area contributed by atoms with Gasteiger partial charge in [-0.05, 0) is 38.1 Å². The van der Waals surface area contributed by atoms with E-state index in [1.807, 2.05) is 53.3 Å². The summed E-state index contributed by atoms with van der Waals surface area (Å²) in [6.45, 7) is 2.09. The molecule has 3 N–H and O–H groups in total. The highest BCUT2D eigenvalue weighted by Crippen LogP contribution is 2.38. The summed E-state index contributed by atoms with van der Waals surface area (Å²) < 4.78 is 15.8. The van der Waals surface area contributed by atoms with Gasteiger partial charge in [0.2, 0.25) is 5.75 Å². The average Bonchev–Trinajstić information content (AvgIpc) is 3.72. The lowest BCUT2D eigenvalue weighted by Crippen LogP contribution is -2.29. The summed E-state index contributed by atoms with van der Waals surface area (Å²) in [5.74, 6) is 1.12. The van der Waals surface area contributed by atoms with Crippen LogP contribution < -0.4 is 15.8 Å². The molecule has 0 unspecified atom stereocenters. The zero-order valence-corrected chi connectivity index (χ0v) is 20.5. The molecule has 11 heteroatoms. The number of aromatic nitrogens is 7. The lowest BCUT2D eigenvalue weighted by Gasteiger charge is -2.22. The summed E-state index contributed by atoms with van der Waals surface area (Å²) >= 11 is 0. The van der Waals surface area contributed by atoms with Crippen LogP contribution in [0.1, 0.15) is 24.7 Å². The molecule has 0 radical (unpaired) electrons. The highest BCUT2D eigenvalue weighted by Gasteiger charge is 2.21. The van der Waals surface area contributed by atoms with Crippen LogP contribution in [0, 0.1) is 0 Å². The number of hydrogen-bond acceptors (Lipinski definition) is 9. The van der Waals surface area contributed by atoms with Crippen molar-refractivity contribution in [2.24, 2.45) is 0 Å². The van der Waals surface area contributed by atoms with Gasteiger partial charge in [0.1, 0.15) is 6.26 Å². The second-order valence-corrected chi connectivity index (χ2v) is 9.31. The van der Waals surface area contributed by atoms with E-state index < -0.39 is 0 Å². The van der Waals surface area contributed by atoms with Crippen molar-refractivity contribution in [1.29, 1.82) is 0 Å². The molecule has 0 amide bonds. The Morgan fingerprint density at radius 1 is 1.03 bits per heavy atom. The molecular formula is C27H25N9O2. The van der Waals surface area contributed by atoms with E-state index in [9.17, 15) is 0 Å². The Labute approximate surface area is 217 Å². The zero-order chi connectivity index (χ0) is 25.5. The average molecular weight is 508 g/mol. The number of anilines is 1. The van der Waals surface area contributed by atoms with Crippen LogP contribution in [0.3, 0.4) is 0 Å². The standard InChI is InChI=1S/C27H25N9O2/c28-27-26(38-16-24-33-32-23-7-6-22(34-36(23)24)17-4-2-1-3-5-17)25-20(13-30-27)21(15-37-25)18-12-31-35(14-18)19-8-10-29-11-9-19/h1-7,12-15,19,29H,8-11,16H2,(H2,28,30). The molecule has 0 atom stereocenters. The Balaban J connectivity index is 1.18. The number of nitrogens with zero attached hydrogens (tertiary/aromatic N) is 7. The third kappa shape index (κ3) is 3.93. The fraction of sp³-hybridized carbons (Fsp3) is 0.222. The molecule has 1 aromatic carbocycles. The second kappa shape index (κ2) is 9.27. The smallest absolute Gasteiger partial charge is 0.205 e. The van der Waals surface area contributed by atoms with Crippen molar-refractivity contribution in [3.05, 3.63) is 73.1 Å². The van der Waals surface area contributed by atoms with E-state index in [0.717, 1.165) is 53.7 Å². The number of fused-ring (bicyclic) bond motifs is 2. The highest BCUT2D eigenvalue weighted by molar-refractivity contribution is 5.97. The Morgan fingerprint density at radius 2 is 1.89 bits per heavy atom. The van der Waals surface area contributed by atoms with E-state index in [1.54, 1.807) is 17.0 Å². The van der Waals surface area contributed by atoms with Gasteiger partial charge < -0.3 is 20.2 Å². The molecule has 7 rings (SSSR count). The number of rotatable bonds is 6. The third-order valence-corrected chi connectivity index (χ3v) is 6.94. The van der Waals surface area contributed by atoms with Crippen LogP contribution in [-0.4, -0.2) is 47.7 Å². The quantitative estimate of drug-likeness (QED) is 0.344. The zero-order valence-electron chi connectivity index (χ0n) is 20.5. The van der Waals surface area contributed by atoms with Crippen LogP contribution in [0.25, 0.3) is 39.0 Å². The third-order valence-electron chi connectivity index (χ3n) is 6.94. The first-order chi connectivity index (χ1) is 18.7. The van der Waals surface area contributed by atoms with E-state index in [2.05, 4.69) is 31.8 Å². The number of piperidine rings is 1. The fourth-order valence-electron chi connectivity index (χ4n) is 4.91. The molecule has 1 fully saturated rings. The molecule has 1 aliphatic heterocycles. The number of nitrogens with two attached hydrogens (primary N) is 1. The van der Waals surface area contributed by atoms with E-state index in [4.69, 9.17) is 20.0 Å². The largest absolute Gasteiger partial charge is 0.478 e. The van der Waals surface area contributed by atoms with Crippen LogP contribution in [0.5, 0.6) is 5.75 Å². The van der Waals surface area contributed by atoms with Crippen LogP contribution in [-0.2, 0) is 6.61 Å². The first kappa shape index (κ1) is 22.4. The van der Waals surface area contributed by atoms with Gasteiger partial charge in [0.15, 0.2) is 29.5 Å². The van der Waals surface area contributed by atoms with Crippen molar-refractivity contribution in [3.8, 4) is 28.1 Å². The van der Waals surface area contributed by atoms with Gasteiger partial charge >= 0.3 is 0 Å². The number of furan rings is 1. The lowest BCUT2D eigenvalue weighted by atomic mass is 10.1. The van der Waals surface area contributed by atoms with Crippen molar-refractivity contribution in [1.82, 2.24) is 39.9 Å². The van der Waals surface area contributed by atoms with Gasteiger partial charge in [-0.2, -0.15) is 14.7 Å². The van der Waals surface area contributed by atoms with Gasteiger partial charge in [-0.15, -0.1) is 10.2 Å². The number of hydrogen-bond donors (Lipinski definition) is 2. The summed E-state index contributed by atoms with van der Waals surface area (Å²) in [5, 5.41) is 22.0. The predicted octanol–water partition coefficient (Wildman–Crippen LogP) is 3.88. The molecule has 1 saturated heterocycles. The van der Waals surface area contributed by atoms with Crippen molar-refractivity contribution >= 4 is 22.4 Å². The minimum absolute atomic E-state index is 0.0844. The molecule has 190 valence electrons. The molecule has 0 bridgehead atoms. The highest BCUT2D eigenvalue weighted by atomic mass is 16.5. The fourth-order valence-corrected chi connectivity index (χ4v) is 4.91. The number of nitrogen functional groups attached to an aromatic ring is 1. The molecule has 1 aliphatic rings. The molecule has 0 spiro atoms. The Morgan fingerprint density at radius 3 is 2.76 bits per heavy atom. The Bertz CT molecular complexity index is 1730. The van der Waals surface area contributed by atoms with Gasteiger partial charge in [0.25, 0.3) is 0 Å². The summed E-state index contributed by atoms with van der Waals surface area (Å²) in [6, 6.07) is 14.1. The van der Waals surface area contributed by atoms with E-state index in [1.165, 1.54) is 0 Å². The SMILES string of the molecule is Nc1ncc2c(-c3cnn(C4CCNCC4)c3)coc2c1OCc1nnc2ccc(-c3ccccc3)nn12. The Hall–Kier alpha value is -4.77. The van der Waals surface area contributed by atoms with Crippen LogP contribution >= 0.6 is 0 Å². The number of pyridine rings is 1. The maximum Gasteiger partial charge on any atom is 0.205 e. The molecule has 6 aromatic rings. The molecular weight excluding hydrogens is 482 g/mol. The maximum absolute atomic E-state index is 6.21. The first-order valence-corrected chi connectivity index (χ1v) is 12.5. The first-order valence-electron chi connectivity index (χ1n) is 12.5. The lowest BCUT2D eigenvalue weighted by molar-refractivity contribution is 0.293. The van der Waals surface area contributed by atoms with Gasteiger partial charge in [0.05, 0.1) is 23.3 Å². The number of benzene rings is 1. The molecule has 6 heterocycles. The molecule has 0 aliphatic carbocycles. The topological polar surface area (TPSA) is 134 Å². The van der Waals surface area contributed by atoms with Crippen LogP contribution in [0.15, 0.2) is 71.7 Å². The molecule has 0 saturated carbocycles. The van der Waals surface area contributed by atoms with Gasteiger partial charge in [0, 0.05) is 29.1 Å². The predicted molar refractivity (Wildman–Crippen MR) is 141 cm³/mol. The normalized spacial score (nSPS) is 14.4. The van der Waals surface area contributed by atoms with Crippen LogP contribution in [0.2, 0.25) is 0 Å². The second-order valence-electron chi connectivity index (χ2n) is 9.31. The maximum atomic E-state index is 6.21. The van der Waals surface area contributed by atoms with E-state index >= 15 is 0 Å². The summed E-state index contributed by atoms with van der Waals surface area (Å²) in [5.41, 5.74) is 11.0. The molecule has 11 nitrogen and oxygen atoms in total.